The summed E-state index contributed by atoms with van der Waals surface area (Å²) in [6.07, 6.45) is 0. The van der Waals surface area contributed by atoms with E-state index in [1.807, 2.05) is 85.8 Å². The van der Waals surface area contributed by atoms with Gasteiger partial charge in [0.05, 0.1) is 12.1 Å². The van der Waals surface area contributed by atoms with Gasteiger partial charge in [0.25, 0.3) is 0 Å². The highest BCUT2D eigenvalue weighted by molar-refractivity contribution is 5.82. The monoisotopic (exact) mass is 358 g/mol. The van der Waals surface area contributed by atoms with Gasteiger partial charge in [-0.2, -0.15) is 0 Å². The van der Waals surface area contributed by atoms with Crippen LogP contribution < -0.4 is 10.6 Å². The van der Waals surface area contributed by atoms with Gasteiger partial charge < -0.3 is 5.32 Å². The third kappa shape index (κ3) is 5.05. The van der Waals surface area contributed by atoms with E-state index in [1.54, 1.807) is 0 Å². The number of amides is 1. The van der Waals surface area contributed by atoms with Crippen LogP contribution in [0.25, 0.3) is 0 Å². The van der Waals surface area contributed by atoms with Crippen LogP contribution in [0.2, 0.25) is 0 Å². The molecule has 3 nitrogen and oxygen atoms in total. The van der Waals surface area contributed by atoms with E-state index in [1.165, 1.54) is 5.56 Å². The van der Waals surface area contributed by atoms with E-state index in [-0.39, 0.29) is 24.0 Å². The lowest BCUT2D eigenvalue weighted by Gasteiger charge is -2.24. The standard InChI is InChI=1S/C24H26N2O/c1-18(20-12-6-3-7-13-20)25-19(2)24(27)26-23(21-14-8-4-9-15-21)22-16-10-5-11-17-22/h3-19,23,25H,1-2H3,(H,26,27)/t18-,19+/m1/s1. The molecule has 0 saturated heterocycles. The molecule has 0 saturated carbocycles. The number of carbonyl (C=O) groups is 1. The number of benzene rings is 3. The fraction of sp³-hybridized carbons (Fsp3) is 0.208. The van der Waals surface area contributed by atoms with Crippen LogP contribution in [0.3, 0.4) is 0 Å². The van der Waals surface area contributed by atoms with Gasteiger partial charge in [-0.3, -0.25) is 10.1 Å². The molecule has 0 aliphatic rings. The summed E-state index contributed by atoms with van der Waals surface area (Å²) in [7, 11) is 0. The summed E-state index contributed by atoms with van der Waals surface area (Å²) in [6.45, 7) is 3.98. The van der Waals surface area contributed by atoms with Gasteiger partial charge in [0.1, 0.15) is 0 Å². The van der Waals surface area contributed by atoms with Crippen LogP contribution in [0.15, 0.2) is 91.0 Å². The smallest absolute Gasteiger partial charge is 0.237 e. The largest absolute Gasteiger partial charge is 0.344 e. The Morgan fingerprint density at radius 1 is 0.667 bits per heavy atom. The Morgan fingerprint density at radius 2 is 1.07 bits per heavy atom. The molecular formula is C24H26N2O. The van der Waals surface area contributed by atoms with E-state index in [4.69, 9.17) is 0 Å². The fourth-order valence-corrected chi connectivity index (χ4v) is 3.21. The lowest BCUT2D eigenvalue weighted by molar-refractivity contribution is -0.123. The first kappa shape index (κ1) is 18.9. The highest BCUT2D eigenvalue weighted by atomic mass is 16.2. The van der Waals surface area contributed by atoms with E-state index >= 15 is 0 Å². The van der Waals surface area contributed by atoms with Crippen LogP contribution >= 0.6 is 0 Å². The van der Waals surface area contributed by atoms with Gasteiger partial charge in [0.2, 0.25) is 5.91 Å². The van der Waals surface area contributed by atoms with Crippen LogP contribution in [-0.2, 0) is 4.79 Å². The minimum atomic E-state index is -0.310. The zero-order valence-corrected chi connectivity index (χ0v) is 15.8. The molecule has 0 radical (unpaired) electrons. The molecule has 0 spiro atoms. The van der Waals surface area contributed by atoms with E-state index in [0.29, 0.717) is 0 Å². The van der Waals surface area contributed by atoms with Crippen LogP contribution in [0.4, 0.5) is 0 Å². The number of nitrogens with one attached hydrogen (secondary N) is 2. The molecule has 1 amide bonds. The maximum Gasteiger partial charge on any atom is 0.237 e. The van der Waals surface area contributed by atoms with E-state index in [2.05, 4.69) is 29.7 Å². The van der Waals surface area contributed by atoms with E-state index < -0.39 is 0 Å². The van der Waals surface area contributed by atoms with Crippen molar-refractivity contribution < 1.29 is 4.79 Å². The minimum absolute atomic E-state index is 0.0181. The Hall–Kier alpha value is -2.91. The molecule has 138 valence electrons. The molecule has 0 fully saturated rings. The molecule has 3 heteroatoms. The molecule has 3 aromatic rings. The van der Waals surface area contributed by atoms with Crippen molar-refractivity contribution >= 4 is 5.91 Å². The highest BCUT2D eigenvalue weighted by Gasteiger charge is 2.21. The Labute approximate surface area is 161 Å². The summed E-state index contributed by atoms with van der Waals surface area (Å²) >= 11 is 0. The molecule has 0 unspecified atom stereocenters. The van der Waals surface area contributed by atoms with Gasteiger partial charge in [0.15, 0.2) is 0 Å². The lowest BCUT2D eigenvalue weighted by Crippen LogP contribution is -2.44. The molecule has 0 aliphatic heterocycles. The van der Waals surface area contributed by atoms with Crippen molar-refractivity contribution in [2.45, 2.75) is 32.0 Å². The van der Waals surface area contributed by atoms with Gasteiger partial charge in [-0.25, -0.2) is 0 Å². The molecule has 0 bridgehead atoms. The maximum atomic E-state index is 12.9. The Balaban J connectivity index is 1.72. The Kier molecular flexibility index (Phi) is 6.39. The van der Waals surface area contributed by atoms with Gasteiger partial charge >= 0.3 is 0 Å². The molecule has 0 aliphatic carbocycles. The number of carbonyl (C=O) groups excluding carboxylic acids is 1. The van der Waals surface area contributed by atoms with Gasteiger partial charge in [-0.15, -0.1) is 0 Å². The van der Waals surface area contributed by atoms with Gasteiger partial charge in [-0.1, -0.05) is 91.0 Å². The van der Waals surface area contributed by atoms with Crippen LogP contribution in [0.5, 0.6) is 0 Å². The Morgan fingerprint density at radius 3 is 1.52 bits per heavy atom. The van der Waals surface area contributed by atoms with Crippen LogP contribution in [0.1, 0.15) is 42.6 Å². The third-order valence-corrected chi connectivity index (χ3v) is 4.75. The predicted molar refractivity (Wildman–Crippen MR) is 110 cm³/mol. The van der Waals surface area contributed by atoms with Crippen molar-refractivity contribution in [2.24, 2.45) is 0 Å². The average Bonchev–Trinajstić information content (AvgIpc) is 2.73. The zero-order chi connectivity index (χ0) is 19.1. The first-order chi connectivity index (χ1) is 13.1. The van der Waals surface area contributed by atoms with Crippen molar-refractivity contribution in [3.63, 3.8) is 0 Å². The van der Waals surface area contributed by atoms with Crippen molar-refractivity contribution in [1.29, 1.82) is 0 Å². The average molecular weight is 358 g/mol. The first-order valence-electron chi connectivity index (χ1n) is 9.36. The molecule has 2 N–H and O–H groups in total. The van der Waals surface area contributed by atoms with Crippen LogP contribution in [-0.4, -0.2) is 11.9 Å². The number of hydrogen-bond acceptors (Lipinski definition) is 2. The van der Waals surface area contributed by atoms with Gasteiger partial charge in [-0.05, 0) is 30.5 Å². The molecule has 2 atom stereocenters. The van der Waals surface area contributed by atoms with E-state index in [9.17, 15) is 4.79 Å². The van der Waals surface area contributed by atoms with Crippen molar-refractivity contribution in [2.75, 3.05) is 0 Å². The highest BCUT2D eigenvalue weighted by Crippen LogP contribution is 2.22. The second kappa shape index (κ2) is 9.15. The molecular weight excluding hydrogens is 332 g/mol. The summed E-state index contributed by atoms with van der Waals surface area (Å²) in [4.78, 5) is 12.9. The maximum absolute atomic E-state index is 12.9. The minimum Gasteiger partial charge on any atom is -0.344 e. The molecule has 27 heavy (non-hydrogen) atoms. The molecule has 3 aromatic carbocycles. The predicted octanol–water partition coefficient (Wildman–Crippen LogP) is 4.63. The Bertz CT molecular complexity index is 795. The third-order valence-electron chi connectivity index (χ3n) is 4.75. The second-order valence-electron chi connectivity index (χ2n) is 6.78. The van der Waals surface area contributed by atoms with Crippen LogP contribution in [0, 0.1) is 0 Å². The summed E-state index contributed by atoms with van der Waals surface area (Å²) in [6, 6.07) is 29.9. The number of hydrogen-bond donors (Lipinski definition) is 2. The normalized spacial score (nSPS) is 13.1. The van der Waals surface area contributed by atoms with E-state index in [0.717, 1.165) is 11.1 Å². The van der Waals surface area contributed by atoms with Crippen molar-refractivity contribution in [3.8, 4) is 0 Å². The SMILES string of the molecule is C[C@H](N[C@H](C)c1ccccc1)C(=O)NC(c1ccccc1)c1ccccc1. The summed E-state index contributed by atoms with van der Waals surface area (Å²) in [5.41, 5.74) is 3.31. The first-order valence-corrected chi connectivity index (χ1v) is 9.36. The summed E-state index contributed by atoms with van der Waals surface area (Å²) in [5.74, 6) is -0.0181. The van der Waals surface area contributed by atoms with Crippen molar-refractivity contribution in [3.05, 3.63) is 108 Å². The van der Waals surface area contributed by atoms with Crippen molar-refractivity contribution in [1.82, 2.24) is 10.6 Å². The lowest BCUT2D eigenvalue weighted by atomic mass is 9.98. The quantitative estimate of drug-likeness (QED) is 0.646. The second-order valence-corrected chi connectivity index (χ2v) is 6.78. The fourth-order valence-electron chi connectivity index (χ4n) is 3.21. The molecule has 0 aromatic heterocycles. The zero-order valence-electron chi connectivity index (χ0n) is 15.8. The summed E-state index contributed by atoms with van der Waals surface area (Å²) in [5, 5.41) is 6.60. The topological polar surface area (TPSA) is 41.1 Å². The number of rotatable bonds is 7. The molecule has 0 heterocycles. The molecule has 3 rings (SSSR count). The van der Waals surface area contributed by atoms with Gasteiger partial charge in [0, 0.05) is 6.04 Å². The summed E-state index contributed by atoms with van der Waals surface area (Å²) < 4.78 is 0.